The molecule has 2 heteroatoms. The van der Waals surface area contributed by atoms with Gasteiger partial charge in [0.2, 0.25) is 0 Å². The molecule has 0 fully saturated rings. The zero-order valence-electron chi connectivity index (χ0n) is 13.7. The molecule has 0 unspecified atom stereocenters. The summed E-state index contributed by atoms with van der Waals surface area (Å²) in [5, 5.41) is 12.2. The predicted octanol–water partition coefficient (Wildman–Crippen LogP) is 5.10. The van der Waals surface area contributed by atoms with Crippen LogP contribution >= 0.6 is 0 Å². The lowest BCUT2D eigenvalue weighted by Gasteiger charge is -2.14. The fourth-order valence-electron chi connectivity index (χ4n) is 3.29. The number of rotatable bonds is 5. The largest absolute Gasteiger partial charge is 0.392 e. The van der Waals surface area contributed by atoms with Gasteiger partial charge in [-0.2, -0.15) is 0 Å². The number of hydrogen-bond donors (Lipinski definition) is 2. The number of aliphatic hydroxyl groups is 1. The van der Waals surface area contributed by atoms with Crippen molar-refractivity contribution in [3.8, 4) is 0 Å². The number of benzene rings is 2. The second kappa shape index (κ2) is 6.13. The number of aromatic nitrogens is 1. The SMILES string of the molecule is CC[C@H](C)CCc1c(C)c(CO)cc2c1[nH]c1ccccc12. The van der Waals surface area contributed by atoms with Crippen LogP contribution in [0.15, 0.2) is 30.3 Å². The van der Waals surface area contributed by atoms with Crippen molar-refractivity contribution in [1.29, 1.82) is 0 Å². The summed E-state index contributed by atoms with van der Waals surface area (Å²) < 4.78 is 0. The monoisotopic (exact) mass is 295 g/mol. The second-order valence-electron chi connectivity index (χ2n) is 6.44. The van der Waals surface area contributed by atoms with Crippen LogP contribution in [0.2, 0.25) is 0 Å². The molecule has 0 aliphatic carbocycles. The molecule has 3 rings (SSSR count). The van der Waals surface area contributed by atoms with Gasteiger partial charge in [-0.1, -0.05) is 38.5 Å². The van der Waals surface area contributed by atoms with Crippen molar-refractivity contribution in [1.82, 2.24) is 4.98 Å². The van der Waals surface area contributed by atoms with E-state index in [1.54, 1.807) is 0 Å². The quantitative estimate of drug-likeness (QED) is 0.675. The lowest BCUT2D eigenvalue weighted by atomic mass is 9.92. The summed E-state index contributed by atoms with van der Waals surface area (Å²) in [7, 11) is 0. The average Bonchev–Trinajstić information content (AvgIpc) is 2.91. The highest BCUT2D eigenvalue weighted by Crippen LogP contribution is 2.33. The molecule has 0 bridgehead atoms. The van der Waals surface area contributed by atoms with Gasteiger partial charge >= 0.3 is 0 Å². The fourth-order valence-corrected chi connectivity index (χ4v) is 3.29. The van der Waals surface area contributed by atoms with E-state index >= 15 is 0 Å². The molecule has 2 nitrogen and oxygen atoms in total. The third kappa shape index (κ3) is 2.52. The number of aliphatic hydroxyl groups excluding tert-OH is 1. The first kappa shape index (κ1) is 15.1. The van der Waals surface area contributed by atoms with Gasteiger partial charge in [-0.15, -0.1) is 0 Å². The van der Waals surface area contributed by atoms with Crippen molar-refractivity contribution in [3.05, 3.63) is 47.0 Å². The van der Waals surface area contributed by atoms with Crippen LogP contribution < -0.4 is 0 Å². The van der Waals surface area contributed by atoms with Crippen LogP contribution in [0.4, 0.5) is 0 Å². The summed E-state index contributed by atoms with van der Waals surface area (Å²) in [4.78, 5) is 3.60. The topological polar surface area (TPSA) is 36.0 Å². The van der Waals surface area contributed by atoms with E-state index in [1.807, 2.05) is 0 Å². The first-order valence-electron chi connectivity index (χ1n) is 8.28. The van der Waals surface area contributed by atoms with Crippen LogP contribution in [0, 0.1) is 12.8 Å². The highest BCUT2D eigenvalue weighted by Gasteiger charge is 2.14. The third-order valence-electron chi connectivity index (χ3n) is 5.06. The highest BCUT2D eigenvalue weighted by atomic mass is 16.3. The van der Waals surface area contributed by atoms with Crippen molar-refractivity contribution in [2.75, 3.05) is 0 Å². The number of nitrogens with one attached hydrogen (secondary N) is 1. The lowest BCUT2D eigenvalue weighted by molar-refractivity contribution is 0.281. The molecule has 0 saturated carbocycles. The number of H-pyrrole nitrogens is 1. The van der Waals surface area contributed by atoms with E-state index in [9.17, 15) is 5.11 Å². The molecule has 1 aromatic heterocycles. The van der Waals surface area contributed by atoms with Crippen LogP contribution in [-0.4, -0.2) is 10.1 Å². The van der Waals surface area contributed by atoms with E-state index in [1.165, 1.54) is 45.8 Å². The van der Waals surface area contributed by atoms with Gasteiger partial charge in [0, 0.05) is 21.8 Å². The summed E-state index contributed by atoms with van der Waals surface area (Å²) in [6.07, 6.45) is 3.48. The van der Waals surface area contributed by atoms with Crippen molar-refractivity contribution >= 4 is 21.8 Å². The van der Waals surface area contributed by atoms with Crippen LogP contribution in [0.1, 0.15) is 43.4 Å². The van der Waals surface area contributed by atoms with Crippen LogP contribution in [0.3, 0.4) is 0 Å². The zero-order chi connectivity index (χ0) is 15.7. The maximum Gasteiger partial charge on any atom is 0.0684 e. The summed E-state index contributed by atoms with van der Waals surface area (Å²) in [5.41, 5.74) is 6.09. The first-order chi connectivity index (χ1) is 10.7. The number of fused-ring (bicyclic) bond motifs is 3. The molecule has 3 aromatic rings. The van der Waals surface area contributed by atoms with Crippen LogP contribution in [0.25, 0.3) is 21.8 Å². The molecule has 116 valence electrons. The first-order valence-corrected chi connectivity index (χ1v) is 8.28. The normalized spacial score (nSPS) is 13.1. The van der Waals surface area contributed by atoms with Gasteiger partial charge in [-0.25, -0.2) is 0 Å². The Bertz CT molecular complexity index is 800. The number of hydrogen-bond acceptors (Lipinski definition) is 1. The molecule has 2 aromatic carbocycles. The third-order valence-corrected chi connectivity index (χ3v) is 5.06. The predicted molar refractivity (Wildman–Crippen MR) is 94.2 cm³/mol. The van der Waals surface area contributed by atoms with Gasteiger partial charge in [0.25, 0.3) is 0 Å². The van der Waals surface area contributed by atoms with Gasteiger partial charge in [0.15, 0.2) is 0 Å². The van der Waals surface area contributed by atoms with Gasteiger partial charge in [0.05, 0.1) is 6.61 Å². The average molecular weight is 295 g/mol. The molecule has 0 radical (unpaired) electrons. The van der Waals surface area contributed by atoms with E-state index < -0.39 is 0 Å². The Morgan fingerprint density at radius 2 is 1.95 bits per heavy atom. The summed E-state index contributed by atoms with van der Waals surface area (Å²) >= 11 is 0. The van der Waals surface area contributed by atoms with Gasteiger partial charge < -0.3 is 10.1 Å². The molecule has 1 atom stereocenters. The Morgan fingerprint density at radius 1 is 1.18 bits per heavy atom. The second-order valence-corrected chi connectivity index (χ2v) is 6.44. The molecule has 0 spiro atoms. The molecule has 1 heterocycles. The molecule has 0 aliphatic heterocycles. The van der Waals surface area contributed by atoms with E-state index in [4.69, 9.17) is 0 Å². The van der Waals surface area contributed by atoms with E-state index in [0.717, 1.165) is 17.9 Å². The maximum atomic E-state index is 9.73. The number of para-hydroxylation sites is 1. The highest BCUT2D eigenvalue weighted by molar-refractivity contribution is 6.08. The summed E-state index contributed by atoms with van der Waals surface area (Å²) in [6, 6.07) is 10.6. The Balaban J connectivity index is 2.20. The maximum absolute atomic E-state index is 9.73. The van der Waals surface area contributed by atoms with Crippen molar-refractivity contribution < 1.29 is 5.11 Å². The van der Waals surface area contributed by atoms with Crippen LogP contribution in [0.5, 0.6) is 0 Å². The summed E-state index contributed by atoms with van der Waals surface area (Å²) in [5.74, 6) is 0.733. The van der Waals surface area contributed by atoms with Crippen molar-refractivity contribution in [3.63, 3.8) is 0 Å². The summed E-state index contributed by atoms with van der Waals surface area (Å²) in [6.45, 7) is 6.81. The fraction of sp³-hybridized carbons (Fsp3) is 0.400. The molecule has 0 aliphatic rings. The minimum atomic E-state index is 0.109. The Labute approximate surface area is 132 Å². The zero-order valence-corrected chi connectivity index (χ0v) is 13.7. The minimum absolute atomic E-state index is 0.109. The van der Waals surface area contributed by atoms with Gasteiger partial charge in [-0.3, -0.25) is 0 Å². The lowest BCUT2D eigenvalue weighted by Crippen LogP contribution is -2.01. The van der Waals surface area contributed by atoms with E-state index in [-0.39, 0.29) is 6.61 Å². The minimum Gasteiger partial charge on any atom is -0.392 e. The van der Waals surface area contributed by atoms with Gasteiger partial charge in [0.1, 0.15) is 0 Å². The molecule has 0 amide bonds. The van der Waals surface area contributed by atoms with Gasteiger partial charge in [-0.05, 0) is 54.5 Å². The molecular weight excluding hydrogens is 270 g/mol. The Kier molecular flexibility index (Phi) is 4.21. The smallest absolute Gasteiger partial charge is 0.0684 e. The number of aromatic amines is 1. The molecular formula is C20H25NO. The van der Waals surface area contributed by atoms with Crippen molar-refractivity contribution in [2.45, 2.75) is 46.6 Å². The molecule has 22 heavy (non-hydrogen) atoms. The van der Waals surface area contributed by atoms with Crippen LogP contribution in [-0.2, 0) is 13.0 Å². The number of aryl methyl sites for hydroxylation is 1. The van der Waals surface area contributed by atoms with E-state index in [2.05, 4.69) is 56.1 Å². The van der Waals surface area contributed by atoms with Crippen molar-refractivity contribution in [2.24, 2.45) is 5.92 Å². The Morgan fingerprint density at radius 3 is 2.68 bits per heavy atom. The Hall–Kier alpha value is -1.80. The molecule has 0 saturated heterocycles. The van der Waals surface area contributed by atoms with E-state index in [0.29, 0.717) is 0 Å². The standard InChI is InChI=1S/C20H25NO/c1-4-13(2)9-10-16-14(3)15(12-22)11-18-17-7-5-6-8-19(17)21-20(16)18/h5-8,11,13,21-22H,4,9-10,12H2,1-3H3/t13-/m0/s1. The molecule has 2 N–H and O–H groups in total.